The first kappa shape index (κ1) is 11.7. The second-order valence-electron chi connectivity index (χ2n) is 3.60. The Labute approximate surface area is 103 Å². The maximum atomic E-state index is 11.6. The molecule has 1 aromatic heterocycles. The Morgan fingerprint density at radius 2 is 2.24 bits per heavy atom. The third kappa shape index (κ3) is 2.85. The van der Waals surface area contributed by atoms with Gasteiger partial charge in [-0.15, -0.1) is 0 Å². The lowest BCUT2D eigenvalue weighted by Crippen LogP contribution is -2.26. The molecule has 0 bridgehead atoms. The van der Waals surface area contributed by atoms with Crippen molar-refractivity contribution in [2.75, 3.05) is 6.54 Å². The lowest BCUT2D eigenvalue weighted by atomic mass is 10.1. The molecule has 0 aliphatic carbocycles. The Balaban J connectivity index is 2.08. The van der Waals surface area contributed by atoms with Gasteiger partial charge in [-0.3, -0.25) is 4.79 Å². The van der Waals surface area contributed by atoms with E-state index in [4.69, 9.17) is 16.1 Å². The third-order valence-corrected chi connectivity index (χ3v) is 2.39. The van der Waals surface area contributed by atoms with E-state index in [0.29, 0.717) is 16.3 Å². The third-order valence-electron chi connectivity index (χ3n) is 2.26. The molecule has 1 amide bonds. The van der Waals surface area contributed by atoms with Gasteiger partial charge in [0, 0.05) is 10.4 Å². The first-order chi connectivity index (χ1) is 8.16. The van der Waals surface area contributed by atoms with Crippen LogP contribution in [0, 0.1) is 0 Å². The molecular formula is C12H11ClN2O2. The van der Waals surface area contributed by atoms with Crippen molar-refractivity contribution in [3.8, 4) is 0 Å². The zero-order valence-corrected chi connectivity index (χ0v) is 9.83. The van der Waals surface area contributed by atoms with Gasteiger partial charge in [0.05, 0.1) is 13.0 Å². The monoisotopic (exact) mass is 250 g/mol. The van der Waals surface area contributed by atoms with Crippen LogP contribution in [-0.4, -0.2) is 17.6 Å². The standard InChI is InChI=1S/C12H11ClN2O2/c1-8(13)7-14-12(16)6-10-9-4-2-3-5-11(9)17-15-10/h2-5H,1,6-7H2,(H,14,16). The highest BCUT2D eigenvalue weighted by molar-refractivity contribution is 6.29. The Morgan fingerprint density at radius 1 is 1.47 bits per heavy atom. The van der Waals surface area contributed by atoms with Gasteiger partial charge >= 0.3 is 0 Å². The summed E-state index contributed by atoms with van der Waals surface area (Å²) in [4.78, 5) is 11.6. The molecule has 0 unspecified atom stereocenters. The number of nitrogens with one attached hydrogen (secondary N) is 1. The fourth-order valence-electron chi connectivity index (χ4n) is 1.47. The zero-order valence-electron chi connectivity index (χ0n) is 9.07. The van der Waals surface area contributed by atoms with Crippen LogP contribution in [0.25, 0.3) is 11.0 Å². The lowest BCUT2D eigenvalue weighted by Gasteiger charge is -2.01. The van der Waals surface area contributed by atoms with Gasteiger partial charge in [-0.1, -0.05) is 35.5 Å². The summed E-state index contributed by atoms with van der Waals surface area (Å²) in [5, 5.41) is 7.75. The van der Waals surface area contributed by atoms with Crippen molar-refractivity contribution in [3.05, 3.63) is 41.6 Å². The van der Waals surface area contributed by atoms with Crippen LogP contribution in [0.5, 0.6) is 0 Å². The molecule has 88 valence electrons. The number of amides is 1. The normalized spacial score (nSPS) is 10.4. The van der Waals surface area contributed by atoms with E-state index in [0.717, 1.165) is 5.39 Å². The molecular weight excluding hydrogens is 240 g/mol. The lowest BCUT2D eigenvalue weighted by molar-refractivity contribution is -0.120. The fourth-order valence-corrected chi connectivity index (χ4v) is 1.54. The first-order valence-corrected chi connectivity index (χ1v) is 5.48. The van der Waals surface area contributed by atoms with Crippen LogP contribution in [0.1, 0.15) is 5.69 Å². The summed E-state index contributed by atoms with van der Waals surface area (Å²) in [6, 6.07) is 7.41. The van der Waals surface area contributed by atoms with Crippen LogP contribution in [0.2, 0.25) is 0 Å². The second-order valence-corrected chi connectivity index (χ2v) is 4.13. The SMILES string of the molecule is C=C(Cl)CNC(=O)Cc1noc2ccccc12. The number of hydrogen-bond donors (Lipinski definition) is 1. The van der Waals surface area contributed by atoms with Crippen molar-refractivity contribution < 1.29 is 9.32 Å². The number of nitrogens with zero attached hydrogens (tertiary/aromatic N) is 1. The molecule has 0 aliphatic rings. The summed E-state index contributed by atoms with van der Waals surface area (Å²) in [5.74, 6) is -0.161. The molecule has 1 N–H and O–H groups in total. The topological polar surface area (TPSA) is 55.1 Å². The minimum Gasteiger partial charge on any atom is -0.356 e. The summed E-state index contributed by atoms with van der Waals surface area (Å²) in [7, 11) is 0. The quantitative estimate of drug-likeness (QED) is 0.905. The molecule has 0 spiro atoms. The van der Waals surface area contributed by atoms with Gasteiger partial charge in [0.1, 0.15) is 5.69 Å². The van der Waals surface area contributed by atoms with Crippen molar-refractivity contribution >= 4 is 28.5 Å². The molecule has 0 saturated carbocycles. The van der Waals surface area contributed by atoms with Crippen molar-refractivity contribution in [2.45, 2.75) is 6.42 Å². The molecule has 4 nitrogen and oxygen atoms in total. The van der Waals surface area contributed by atoms with Crippen LogP contribution < -0.4 is 5.32 Å². The maximum Gasteiger partial charge on any atom is 0.226 e. The smallest absolute Gasteiger partial charge is 0.226 e. The molecule has 0 aliphatic heterocycles. The predicted octanol–water partition coefficient (Wildman–Crippen LogP) is 2.24. The van der Waals surface area contributed by atoms with E-state index in [1.807, 2.05) is 24.3 Å². The molecule has 0 saturated heterocycles. The summed E-state index contributed by atoms with van der Waals surface area (Å²) < 4.78 is 5.10. The van der Waals surface area contributed by atoms with Crippen LogP contribution in [0.4, 0.5) is 0 Å². The van der Waals surface area contributed by atoms with Crippen molar-refractivity contribution in [2.24, 2.45) is 0 Å². The molecule has 5 heteroatoms. The van der Waals surface area contributed by atoms with Crippen molar-refractivity contribution in [1.82, 2.24) is 10.5 Å². The van der Waals surface area contributed by atoms with Gasteiger partial charge in [-0.25, -0.2) is 0 Å². The number of para-hydroxylation sites is 1. The highest BCUT2D eigenvalue weighted by Crippen LogP contribution is 2.17. The van der Waals surface area contributed by atoms with Gasteiger partial charge < -0.3 is 9.84 Å². The summed E-state index contributed by atoms with van der Waals surface area (Å²) in [6.45, 7) is 3.75. The molecule has 0 atom stereocenters. The van der Waals surface area contributed by atoms with E-state index >= 15 is 0 Å². The summed E-state index contributed by atoms with van der Waals surface area (Å²) >= 11 is 5.56. The molecule has 17 heavy (non-hydrogen) atoms. The Bertz CT molecular complexity index is 562. The van der Waals surface area contributed by atoms with E-state index < -0.39 is 0 Å². The molecule has 0 fully saturated rings. The minimum absolute atomic E-state index is 0.161. The van der Waals surface area contributed by atoms with Crippen LogP contribution in [0.15, 0.2) is 40.4 Å². The number of rotatable bonds is 4. The van der Waals surface area contributed by atoms with Crippen molar-refractivity contribution in [1.29, 1.82) is 0 Å². The van der Waals surface area contributed by atoms with E-state index in [2.05, 4.69) is 17.1 Å². The Kier molecular flexibility index (Phi) is 3.44. The van der Waals surface area contributed by atoms with E-state index in [1.54, 1.807) is 0 Å². The largest absolute Gasteiger partial charge is 0.356 e. The van der Waals surface area contributed by atoms with Crippen LogP contribution in [-0.2, 0) is 11.2 Å². The van der Waals surface area contributed by atoms with Crippen molar-refractivity contribution in [3.63, 3.8) is 0 Å². The van der Waals surface area contributed by atoms with Gasteiger partial charge in [-0.2, -0.15) is 0 Å². The van der Waals surface area contributed by atoms with E-state index in [-0.39, 0.29) is 18.9 Å². The van der Waals surface area contributed by atoms with E-state index in [9.17, 15) is 4.79 Å². The van der Waals surface area contributed by atoms with Gasteiger partial charge in [0.25, 0.3) is 0 Å². The zero-order chi connectivity index (χ0) is 12.3. The molecule has 2 rings (SSSR count). The average molecular weight is 251 g/mol. The summed E-state index contributed by atoms with van der Waals surface area (Å²) in [5.41, 5.74) is 1.30. The highest BCUT2D eigenvalue weighted by atomic mass is 35.5. The van der Waals surface area contributed by atoms with E-state index in [1.165, 1.54) is 0 Å². The van der Waals surface area contributed by atoms with Gasteiger partial charge in [0.15, 0.2) is 5.58 Å². The Morgan fingerprint density at radius 3 is 3.00 bits per heavy atom. The van der Waals surface area contributed by atoms with Gasteiger partial charge in [-0.05, 0) is 12.1 Å². The maximum absolute atomic E-state index is 11.6. The number of fused-ring (bicyclic) bond motifs is 1. The number of carbonyl (C=O) groups is 1. The number of halogens is 1. The number of carbonyl (C=O) groups excluding carboxylic acids is 1. The Hall–Kier alpha value is -1.81. The van der Waals surface area contributed by atoms with Crippen LogP contribution in [0.3, 0.4) is 0 Å². The average Bonchev–Trinajstić information content (AvgIpc) is 2.70. The number of hydrogen-bond acceptors (Lipinski definition) is 3. The first-order valence-electron chi connectivity index (χ1n) is 5.10. The molecule has 1 heterocycles. The second kappa shape index (κ2) is 5.01. The summed E-state index contributed by atoms with van der Waals surface area (Å²) in [6.07, 6.45) is 0.168. The van der Waals surface area contributed by atoms with Gasteiger partial charge in [0.2, 0.25) is 5.91 Å². The predicted molar refractivity (Wildman–Crippen MR) is 65.7 cm³/mol. The highest BCUT2D eigenvalue weighted by Gasteiger charge is 2.11. The molecule has 0 radical (unpaired) electrons. The number of aromatic nitrogens is 1. The molecule has 1 aromatic carbocycles. The van der Waals surface area contributed by atoms with Crippen LogP contribution >= 0.6 is 11.6 Å². The molecule has 2 aromatic rings. The number of benzene rings is 1. The fraction of sp³-hybridized carbons (Fsp3) is 0.167. The minimum atomic E-state index is -0.161.